The molecule has 1 amide bonds. The summed E-state index contributed by atoms with van der Waals surface area (Å²) in [6.07, 6.45) is 0. The van der Waals surface area contributed by atoms with Gasteiger partial charge in [0.2, 0.25) is 0 Å². The minimum absolute atomic E-state index is 0.0839. The number of nitrogens with zero attached hydrogens (tertiary/aromatic N) is 1. The van der Waals surface area contributed by atoms with E-state index in [1.54, 1.807) is 0 Å². The predicted molar refractivity (Wildman–Crippen MR) is 119 cm³/mol. The van der Waals surface area contributed by atoms with E-state index in [0.717, 1.165) is 54.4 Å². The molecule has 1 saturated heterocycles. The van der Waals surface area contributed by atoms with Gasteiger partial charge in [0, 0.05) is 5.69 Å². The van der Waals surface area contributed by atoms with Crippen molar-refractivity contribution in [1.82, 2.24) is 0 Å². The summed E-state index contributed by atoms with van der Waals surface area (Å²) in [6.45, 7) is 14.6. The number of nitrogens with one attached hydrogen (secondary N) is 2. The first-order valence-corrected chi connectivity index (χ1v) is 10.6. The largest absolute Gasteiger partial charge is 0.492 e. The van der Waals surface area contributed by atoms with Crippen LogP contribution in [0.1, 0.15) is 30.5 Å². The van der Waals surface area contributed by atoms with Gasteiger partial charge in [-0.1, -0.05) is 29.8 Å². The quantitative estimate of drug-likeness (QED) is 0.789. The minimum atomic E-state index is -0.0839. The van der Waals surface area contributed by atoms with Crippen LogP contribution in [0.25, 0.3) is 0 Å². The van der Waals surface area contributed by atoms with Crippen molar-refractivity contribution in [2.24, 2.45) is 0 Å². The average Bonchev–Trinajstić information content (AvgIpc) is 2.71. The first-order chi connectivity index (χ1) is 13.9. The molecule has 0 spiro atoms. The molecule has 1 aliphatic heterocycles. The molecule has 0 bridgehead atoms. The maximum Gasteiger partial charge on any atom is 0.282 e. The van der Waals surface area contributed by atoms with Crippen LogP contribution in [0, 0.1) is 20.8 Å². The molecule has 1 aliphatic rings. The summed E-state index contributed by atoms with van der Waals surface area (Å²) in [5.41, 5.74) is 5.57. The number of carbonyl (C=O) groups excluding carboxylic acids is 1. The van der Waals surface area contributed by atoms with Crippen LogP contribution in [0.15, 0.2) is 36.4 Å². The molecule has 0 aromatic heterocycles. The molecule has 0 radical (unpaired) electrons. The lowest BCUT2D eigenvalue weighted by Crippen LogP contribution is -3.19. The normalized spacial score (nSPS) is 15.8. The lowest BCUT2D eigenvalue weighted by atomic mass is 10.0. The van der Waals surface area contributed by atoms with Crippen molar-refractivity contribution in [3.05, 3.63) is 53.1 Å². The highest BCUT2D eigenvalue weighted by Crippen LogP contribution is 2.28. The number of ether oxygens (including phenoxy) is 1. The van der Waals surface area contributed by atoms with Gasteiger partial charge in [0.15, 0.2) is 6.04 Å². The molecule has 5 nitrogen and oxygen atoms in total. The molecule has 2 aromatic rings. The van der Waals surface area contributed by atoms with Crippen molar-refractivity contribution in [1.29, 1.82) is 0 Å². The van der Waals surface area contributed by atoms with Gasteiger partial charge >= 0.3 is 0 Å². The van der Waals surface area contributed by atoms with Gasteiger partial charge in [-0.15, -0.1) is 0 Å². The average molecular weight is 397 g/mol. The molecule has 2 aromatic carbocycles. The minimum Gasteiger partial charge on any atom is -0.492 e. The Bertz CT molecular complexity index is 834. The second-order valence-electron chi connectivity index (χ2n) is 8.03. The Kier molecular flexibility index (Phi) is 6.80. The Hall–Kier alpha value is -2.53. The van der Waals surface area contributed by atoms with Crippen LogP contribution in [-0.2, 0) is 4.79 Å². The van der Waals surface area contributed by atoms with Gasteiger partial charge in [-0.05, 0) is 57.9 Å². The Morgan fingerprint density at radius 3 is 2.38 bits per heavy atom. The third-order valence-corrected chi connectivity index (χ3v) is 5.84. The van der Waals surface area contributed by atoms with Crippen molar-refractivity contribution < 1.29 is 14.4 Å². The number of amides is 1. The van der Waals surface area contributed by atoms with Crippen LogP contribution in [0.2, 0.25) is 0 Å². The highest BCUT2D eigenvalue weighted by atomic mass is 16.5. The van der Waals surface area contributed by atoms with Gasteiger partial charge in [0.25, 0.3) is 5.91 Å². The third kappa shape index (κ3) is 4.91. The van der Waals surface area contributed by atoms with E-state index in [1.165, 1.54) is 10.5 Å². The van der Waals surface area contributed by atoms with E-state index in [9.17, 15) is 4.79 Å². The molecular weight excluding hydrogens is 362 g/mol. The van der Waals surface area contributed by atoms with E-state index in [2.05, 4.69) is 55.3 Å². The van der Waals surface area contributed by atoms with E-state index in [0.29, 0.717) is 6.61 Å². The SMILES string of the molecule is CCOc1ccccc1N1CC[NH+]([C@@H](C)C(=O)Nc2c(C)cc(C)cc2C)CC1. The number of para-hydroxylation sites is 2. The molecular formula is C24H34N3O2+. The Labute approximate surface area is 174 Å². The zero-order valence-corrected chi connectivity index (χ0v) is 18.3. The number of carbonyl (C=O) groups is 1. The summed E-state index contributed by atoms with van der Waals surface area (Å²) in [5, 5.41) is 3.18. The summed E-state index contributed by atoms with van der Waals surface area (Å²) in [7, 11) is 0. The molecule has 1 heterocycles. The van der Waals surface area contributed by atoms with Crippen molar-refractivity contribution >= 4 is 17.3 Å². The van der Waals surface area contributed by atoms with Crippen molar-refractivity contribution in [3.8, 4) is 5.75 Å². The Morgan fingerprint density at radius 2 is 1.76 bits per heavy atom. The molecule has 0 unspecified atom stereocenters. The van der Waals surface area contributed by atoms with Crippen LogP contribution in [0.4, 0.5) is 11.4 Å². The summed E-state index contributed by atoms with van der Waals surface area (Å²) in [4.78, 5) is 16.6. The first-order valence-electron chi connectivity index (χ1n) is 10.6. The zero-order valence-electron chi connectivity index (χ0n) is 18.3. The second kappa shape index (κ2) is 9.31. The molecule has 0 saturated carbocycles. The summed E-state index contributed by atoms with van der Waals surface area (Å²) in [6, 6.07) is 12.4. The van der Waals surface area contributed by atoms with E-state index >= 15 is 0 Å². The van der Waals surface area contributed by atoms with E-state index in [4.69, 9.17) is 4.74 Å². The molecule has 1 fully saturated rings. The number of aryl methyl sites for hydroxylation is 3. The van der Waals surface area contributed by atoms with Crippen LogP contribution in [-0.4, -0.2) is 44.7 Å². The summed E-state index contributed by atoms with van der Waals surface area (Å²) in [5.74, 6) is 1.03. The Balaban J connectivity index is 1.62. The maximum absolute atomic E-state index is 12.9. The molecule has 3 rings (SSSR count). The number of piperazine rings is 1. The zero-order chi connectivity index (χ0) is 21.0. The summed E-state index contributed by atoms with van der Waals surface area (Å²) < 4.78 is 5.79. The van der Waals surface area contributed by atoms with Gasteiger partial charge in [0.05, 0.1) is 38.5 Å². The molecule has 1 atom stereocenters. The maximum atomic E-state index is 12.9. The van der Waals surface area contributed by atoms with Crippen molar-refractivity contribution in [2.75, 3.05) is 43.0 Å². The van der Waals surface area contributed by atoms with E-state index < -0.39 is 0 Å². The van der Waals surface area contributed by atoms with Crippen LogP contribution >= 0.6 is 0 Å². The van der Waals surface area contributed by atoms with Crippen molar-refractivity contribution in [2.45, 2.75) is 40.7 Å². The standard InChI is InChI=1S/C24H33N3O2/c1-6-29-22-10-8-7-9-21(22)27-13-11-26(12-14-27)20(5)24(28)25-23-18(3)15-17(2)16-19(23)4/h7-10,15-16,20H,6,11-14H2,1-5H3,(H,25,28)/p+1/t20-/m0/s1. The van der Waals surface area contributed by atoms with Gasteiger partial charge in [-0.2, -0.15) is 0 Å². The Morgan fingerprint density at radius 1 is 1.14 bits per heavy atom. The third-order valence-electron chi connectivity index (χ3n) is 5.84. The topological polar surface area (TPSA) is 46.0 Å². The molecule has 29 heavy (non-hydrogen) atoms. The molecule has 156 valence electrons. The molecule has 5 heteroatoms. The van der Waals surface area contributed by atoms with Crippen LogP contribution < -0.4 is 19.9 Å². The molecule has 2 N–H and O–H groups in total. The fourth-order valence-corrected chi connectivity index (χ4v) is 4.26. The summed E-state index contributed by atoms with van der Waals surface area (Å²) >= 11 is 0. The predicted octanol–water partition coefficient (Wildman–Crippen LogP) is 2.74. The monoisotopic (exact) mass is 396 g/mol. The highest BCUT2D eigenvalue weighted by Gasteiger charge is 2.30. The number of hydrogen-bond donors (Lipinski definition) is 2. The molecule has 0 aliphatic carbocycles. The van der Waals surface area contributed by atoms with Crippen molar-refractivity contribution in [3.63, 3.8) is 0 Å². The van der Waals surface area contributed by atoms with Gasteiger partial charge in [0.1, 0.15) is 5.75 Å². The first kappa shape index (κ1) is 21.2. The number of hydrogen-bond acceptors (Lipinski definition) is 3. The second-order valence-corrected chi connectivity index (χ2v) is 8.03. The lowest BCUT2D eigenvalue weighted by Gasteiger charge is -2.36. The number of rotatable bonds is 6. The smallest absolute Gasteiger partial charge is 0.282 e. The van der Waals surface area contributed by atoms with Crippen LogP contribution in [0.3, 0.4) is 0 Å². The van der Waals surface area contributed by atoms with E-state index in [-0.39, 0.29) is 11.9 Å². The fraction of sp³-hybridized carbons (Fsp3) is 0.458. The number of benzene rings is 2. The van der Waals surface area contributed by atoms with Gasteiger partial charge in [-0.25, -0.2) is 0 Å². The fourth-order valence-electron chi connectivity index (χ4n) is 4.26. The van der Waals surface area contributed by atoms with Gasteiger partial charge < -0.3 is 19.9 Å². The van der Waals surface area contributed by atoms with Gasteiger partial charge in [-0.3, -0.25) is 4.79 Å². The van der Waals surface area contributed by atoms with Crippen LogP contribution in [0.5, 0.6) is 5.75 Å². The lowest BCUT2D eigenvalue weighted by molar-refractivity contribution is -0.914. The highest BCUT2D eigenvalue weighted by molar-refractivity contribution is 5.95. The number of quaternary nitrogens is 1. The number of anilines is 2. The van der Waals surface area contributed by atoms with E-state index in [1.807, 2.05) is 26.0 Å².